The number of fused-ring (bicyclic) bond motifs is 1. The highest BCUT2D eigenvalue weighted by Gasteiger charge is 2.52. The number of hydrogen-bond donors (Lipinski definition) is 4. The standard InChI is InChI=1S/C24H29BrN4O3/c1-3-16-7-10-18(11-8-16)29-23(31)27-21-12-9-17(25)14-20(21)24(29,32)22(30)26-15-19-6-5-13-28(19)4-2/h7-12,14,19,32H,3-6,13,15H2,1-2H3,(H,26,30)(H,27,31)/p+1. The molecule has 2 aliphatic heterocycles. The van der Waals surface area contributed by atoms with Gasteiger partial charge in [-0.3, -0.25) is 9.69 Å². The van der Waals surface area contributed by atoms with E-state index in [1.54, 1.807) is 30.3 Å². The lowest BCUT2D eigenvalue weighted by molar-refractivity contribution is -0.909. The van der Waals surface area contributed by atoms with Crippen molar-refractivity contribution in [3.63, 3.8) is 0 Å². The van der Waals surface area contributed by atoms with Crippen LogP contribution in [0.3, 0.4) is 0 Å². The largest absolute Gasteiger partial charge is 0.359 e. The van der Waals surface area contributed by atoms with E-state index >= 15 is 0 Å². The van der Waals surface area contributed by atoms with Gasteiger partial charge in [0.1, 0.15) is 6.04 Å². The highest BCUT2D eigenvalue weighted by atomic mass is 79.9. The Hall–Kier alpha value is -2.42. The predicted octanol–water partition coefficient (Wildman–Crippen LogP) is 2.39. The lowest BCUT2D eigenvalue weighted by Crippen LogP contribution is -3.14. The first-order valence-electron chi connectivity index (χ1n) is 11.2. The lowest BCUT2D eigenvalue weighted by Gasteiger charge is -2.43. The molecule has 0 radical (unpaired) electrons. The highest BCUT2D eigenvalue weighted by Crippen LogP contribution is 2.41. The molecule has 2 aliphatic rings. The number of aliphatic hydroxyl groups is 1. The molecule has 2 heterocycles. The molecule has 0 saturated carbocycles. The maximum atomic E-state index is 13.6. The van der Waals surface area contributed by atoms with Crippen LogP contribution in [-0.2, 0) is 16.9 Å². The molecule has 1 fully saturated rings. The Kier molecular flexibility index (Phi) is 6.55. The zero-order valence-corrected chi connectivity index (χ0v) is 20.0. The number of carbonyl (C=O) groups excluding carboxylic acids is 2. The van der Waals surface area contributed by atoms with Crippen LogP contribution in [-0.4, -0.2) is 42.7 Å². The second kappa shape index (κ2) is 9.21. The number of anilines is 2. The van der Waals surface area contributed by atoms with Gasteiger partial charge in [0.15, 0.2) is 0 Å². The van der Waals surface area contributed by atoms with Crippen LogP contribution in [0.2, 0.25) is 0 Å². The minimum absolute atomic E-state index is 0.309. The van der Waals surface area contributed by atoms with E-state index in [-0.39, 0.29) is 0 Å². The Balaban J connectivity index is 1.72. The SMILES string of the molecule is CCc1ccc(N2C(=O)Nc3ccc(Br)cc3C2(O)C(=O)NCC2CCC[NH+]2CC)cc1. The van der Waals surface area contributed by atoms with Crippen LogP contribution in [0.15, 0.2) is 46.9 Å². The monoisotopic (exact) mass is 501 g/mol. The number of urea groups is 1. The average Bonchev–Trinajstić information content (AvgIpc) is 3.26. The molecule has 3 unspecified atom stereocenters. The zero-order chi connectivity index (χ0) is 22.9. The van der Waals surface area contributed by atoms with Crippen molar-refractivity contribution in [2.24, 2.45) is 0 Å². The van der Waals surface area contributed by atoms with Gasteiger partial charge in [-0.25, -0.2) is 4.79 Å². The Morgan fingerprint density at radius 2 is 2.03 bits per heavy atom. The van der Waals surface area contributed by atoms with E-state index in [9.17, 15) is 14.7 Å². The first-order chi connectivity index (χ1) is 15.4. The first kappa shape index (κ1) is 22.8. The molecule has 4 N–H and O–H groups in total. The maximum absolute atomic E-state index is 13.6. The van der Waals surface area contributed by atoms with Crippen molar-refractivity contribution in [3.8, 4) is 0 Å². The third kappa shape index (κ3) is 4.02. The fourth-order valence-corrected chi connectivity index (χ4v) is 5.16. The predicted molar refractivity (Wildman–Crippen MR) is 128 cm³/mol. The Bertz CT molecular complexity index is 1010. The highest BCUT2D eigenvalue weighted by molar-refractivity contribution is 9.10. The summed E-state index contributed by atoms with van der Waals surface area (Å²) >= 11 is 3.43. The molecular weight excluding hydrogens is 472 g/mol. The molecule has 3 amide bonds. The Labute approximate surface area is 196 Å². The minimum Gasteiger partial charge on any atom is -0.359 e. The van der Waals surface area contributed by atoms with Crippen LogP contribution in [0.4, 0.5) is 16.2 Å². The number of benzene rings is 2. The number of hydrogen-bond acceptors (Lipinski definition) is 3. The van der Waals surface area contributed by atoms with Gasteiger partial charge in [0, 0.05) is 28.6 Å². The second-order valence-corrected chi connectivity index (χ2v) is 9.37. The topological polar surface area (TPSA) is 86.1 Å². The van der Waals surface area contributed by atoms with E-state index in [1.165, 1.54) is 4.90 Å². The number of amides is 3. The van der Waals surface area contributed by atoms with Crippen molar-refractivity contribution in [3.05, 3.63) is 58.1 Å². The van der Waals surface area contributed by atoms with Gasteiger partial charge in [-0.2, -0.15) is 0 Å². The van der Waals surface area contributed by atoms with Gasteiger partial charge >= 0.3 is 6.03 Å². The summed E-state index contributed by atoms with van der Waals surface area (Å²) in [6, 6.07) is 12.2. The number of carbonyl (C=O) groups is 2. The van der Waals surface area contributed by atoms with Crippen molar-refractivity contribution in [1.82, 2.24) is 5.32 Å². The molecule has 3 atom stereocenters. The lowest BCUT2D eigenvalue weighted by atomic mass is 9.94. The second-order valence-electron chi connectivity index (χ2n) is 8.46. The number of nitrogens with zero attached hydrogens (tertiary/aromatic N) is 1. The molecule has 1 saturated heterocycles. The van der Waals surface area contributed by atoms with E-state index in [0.29, 0.717) is 34.0 Å². The molecule has 0 aliphatic carbocycles. The van der Waals surface area contributed by atoms with E-state index in [0.717, 1.165) is 42.8 Å². The van der Waals surface area contributed by atoms with Gasteiger partial charge in [-0.15, -0.1) is 0 Å². The molecule has 8 heteroatoms. The normalized spacial score (nSPS) is 24.8. The summed E-state index contributed by atoms with van der Waals surface area (Å²) in [5, 5.41) is 17.7. The summed E-state index contributed by atoms with van der Waals surface area (Å²) in [4.78, 5) is 29.3. The zero-order valence-electron chi connectivity index (χ0n) is 18.5. The third-order valence-electron chi connectivity index (χ3n) is 6.64. The number of rotatable bonds is 6. The summed E-state index contributed by atoms with van der Waals surface area (Å²) in [7, 11) is 0. The molecule has 4 rings (SSSR count). The minimum atomic E-state index is -2.18. The van der Waals surface area contributed by atoms with E-state index in [1.807, 2.05) is 19.1 Å². The molecule has 0 spiro atoms. The number of aryl methyl sites for hydroxylation is 1. The van der Waals surface area contributed by atoms with Gasteiger partial charge in [0.25, 0.3) is 11.6 Å². The third-order valence-corrected chi connectivity index (χ3v) is 7.13. The maximum Gasteiger partial charge on any atom is 0.329 e. The Morgan fingerprint density at radius 1 is 1.28 bits per heavy atom. The summed E-state index contributed by atoms with van der Waals surface area (Å²) in [5.74, 6) is -0.603. The summed E-state index contributed by atoms with van der Waals surface area (Å²) in [6.45, 7) is 6.74. The van der Waals surface area contributed by atoms with Crippen molar-refractivity contribution in [2.45, 2.75) is 44.9 Å². The summed E-state index contributed by atoms with van der Waals surface area (Å²) in [5.41, 5.74) is 0.115. The van der Waals surface area contributed by atoms with Gasteiger partial charge in [-0.05, 0) is 49.2 Å². The van der Waals surface area contributed by atoms with E-state index in [4.69, 9.17) is 0 Å². The van der Waals surface area contributed by atoms with Crippen molar-refractivity contribution >= 4 is 39.2 Å². The summed E-state index contributed by atoms with van der Waals surface area (Å²) in [6.07, 6.45) is 3.01. The first-order valence-corrected chi connectivity index (χ1v) is 12.0. The molecular formula is C24H30BrN4O3+. The molecule has 7 nitrogen and oxygen atoms in total. The molecule has 2 aromatic carbocycles. The number of likely N-dealkylation sites (N-methyl/N-ethyl adjacent to an activating group) is 1. The number of nitrogens with one attached hydrogen (secondary N) is 3. The number of likely N-dealkylation sites (tertiary alicyclic amines) is 1. The van der Waals surface area contributed by atoms with Crippen LogP contribution in [0.1, 0.15) is 37.8 Å². The van der Waals surface area contributed by atoms with Crippen molar-refractivity contribution < 1.29 is 19.6 Å². The molecule has 32 heavy (non-hydrogen) atoms. The van der Waals surface area contributed by atoms with Gasteiger partial charge in [0.2, 0.25) is 0 Å². The molecule has 170 valence electrons. The van der Waals surface area contributed by atoms with Crippen LogP contribution < -0.4 is 20.4 Å². The van der Waals surface area contributed by atoms with Crippen molar-refractivity contribution in [1.29, 1.82) is 0 Å². The number of halogens is 1. The number of quaternary nitrogens is 1. The van der Waals surface area contributed by atoms with Crippen LogP contribution in [0.5, 0.6) is 0 Å². The van der Waals surface area contributed by atoms with Gasteiger partial charge < -0.3 is 20.6 Å². The summed E-state index contributed by atoms with van der Waals surface area (Å²) < 4.78 is 0.706. The van der Waals surface area contributed by atoms with Gasteiger partial charge in [-0.1, -0.05) is 35.0 Å². The molecule has 0 bridgehead atoms. The average molecular weight is 502 g/mol. The van der Waals surface area contributed by atoms with Crippen LogP contribution in [0.25, 0.3) is 0 Å². The van der Waals surface area contributed by atoms with E-state index < -0.39 is 17.7 Å². The Morgan fingerprint density at radius 3 is 2.72 bits per heavy atom. The van der Waals surface area contributed by atoms with Crippen LogP contribution >= 0.6 is 15.9 Å². The smallest absolute Gasteiger partial charge is 0.329 e. The molecule has 2 aromatic rings. The van der Waals surface area contributed by atoms with Crippen LogP contribution in [0, 0.1) is 0 Å². The van der Waals surface area contributed by atoms with Gasteiger partial charge in [0.05, 0.1) is 25.3 Å². The van der Waals surface area contributed by atoms with Crippen molar-refractivity contribution in [2.75, 3.05) is 29.9 Å². The quantitative estimate of drug-likeness (QED) is 0.490. The molecule has 0 aromatic heterocycles. The van der Waals surface area contributed by atoms with E-state index in [2.05, 4.69) is 33.5 Å². The fourth-order valence-electron chi connectivity index (χ4n) is 4.80. The fraction of sp³-hybridized carbons (Fsp3) is 0.417.